The monoisotopic (exact) mass is 369 g/mol. The summed E-state index contributed by atoms with van der Waals surface area (Å²) in [6.07, 6.45) is 1.01. The lowest BCUT2D eigenvalue weighted by atomic mass is 10.2. The maximum absolute atomic E-state index is 12.3. The molecule has 0 bridgehead atoms. The Hall–Kier alpha value is -1.15. The normalized spacial score (nSPS) is 12.2. The maximum Gasteiger partial charge on any atom is 0.446 e. The molecule has 0 aliphatic heterocycles. The van der Waals surface area contributed by atoms with E-state index in [2.05, 4.69) is 26.0 Å². The molecule has 8 heteroatoms. The van der Waals surface area contributed by atoms with Gasteiger partial charge in [0.05, 0.1) is 7.11 Å². The fourth-order valence-corrected chi connectivity index (χ4v) is 2.04. The van der Waals surface area contributed by atoms with E-state index in [0.29, 0.717) is 6.54 Å². The van der Waals surface area contributed by atoms with Crippen molar-refractivity contribution < 1.29 is 22.7 Å². The average Bonchev–Trinajstić information content (AvgIpc) is 2.37. The molecular weight excluding hydrogens is 359 g/mol. The Labute approximate surface area is 126 Å². The van der Waals surface area contributed by atoms with Crippen molar-refractivity contribution in [1.82, 2.24) is 5.32 Å². The van der Waals surface area contributed by atoms with Gasteiger partial charge in [-0.2, -0.15) is 13.2 Å². The Balaban J connectivity index is 2.67. The molecule has 3 nitrogen and oxygen atoms in total. The summed E-state index contributed by atoms with van der Waals surface area (Å²) in [6.45, 7) is 0.298. The SMILES string of the molecule is COC(=O)/C(=C/NCc1ccc(Br)cc1)SC(F)(F)F. The van der Waals surface area contributed by atoms with Crippen molar-refractivity contribution in [3.05, 3.63) is 45.4 Å². The van der Waals surface area contributed by atoms with E-state index in [0.717, 1.165) is 23.3 Å². The van der Waals surface area contributed by atoms with Gasteiger partial charge in [-0.25, -0.2) is 4.79 Å². The molecule has 0 amide bonds. The first-order valence-electron chi connectivity index (χ1n) is 5.34. The molecule has 0 radical (unpaired) electrons. The Morgan fingerprint density at radius 3 is 2.50 bits per heavy atom. The molecule has 0 saturated carbocycles. The second kappa shape index (κ2) is 7.58. The van der Waals surface area contributed by atoms with Crippen LogP contribution in [0.1, 0.15) is 5.56 Å². The fraction of sp³-hybridized carbons (Fsp3) is 0.250. The Morgan fingerprint density at radius 2 is 2.00 bits per heavy atom. The Bertz CT molecular complexity index is 488. The molecule has 0 saturated heterocycles. The van der Waals surface area contributed by atoms with Gasteiger partial charge in [0.15, 0.2) is 0 Å². The first-order valence-corrected chi connectivity index (χ1v) is 6.95. The van der Waals surface area contributed by atoms with Gasteiger partial charge in [0, 0.05) is 17.2 Å². The van der Waals surface area contributed by atoms with Crippen molar-refractivity contribution in [3.8, 4) is 0 Å². The third kappa shape index (κ3) is 6.33. The van der Waals surface area contributed by atoms with E-state index in [1.165, 1.54) is 0 Å². The number of alkyl halides is 3. The van der Waals surface area contributed by atoms with E-state index in [1.807, 2.05) is 12.1 Å². The molecule has 1 aromatic rings. The number of carbonyl (C=O) groups excluding carboxylic acids is 1. The topological polar surface area (TPSA) is 38.3 Å². The van der Waals surface area contributed by atoms with Crippen LogP contribution in [0, 0.1) is 0 Å². The van der Waals surface area contributed by atoms with Crippen molar-refractivity contribution >= 4 is 33.7 Å². The molecular formula is C12H11BrF3NO2S. The zero-order valence-electron chi connectivity index (χ0n) is 10.3. The van der Waals surface area contributed by atoms with Crippen LogP contribution in [0.25, 0.3) is 0 Å². The van der Waals surface area contributed by atoms with Crippen LogP contribution in [0.5, 0.6) is 0 Å². The van der Waals surface area contributed by atoms with E-state index >= 15 is 0 Å². The molecule has 1 rings (SSSR count). The number of hydrogen-bond donors (Lipinski definition) is 1. The van der Waals surface area contributed by atoms with Crippen molar-refractivity contribution in [2.75, 3.05) is 7.11 Å². The summed E-state index contributed by atoms with van der Waals surface area (Å²) in [5.41, 5.74) is -3.68. The van der Waals surface area contributed by atoms with Crippen molar-refractivity contribution in [2.45, 2.75) is 12.1 Å². The van der Waals surface area contributed by atoms with Gasteiger partial charge in [0.1, 0.15) is 4.91 Å². The molecule has 110 valence electrons. The molecule has 0 aromatic heterocycles. The highest BCUT2D eigenvalue weighted by atomic mass is 79.9. The first-order chi connectivity index (χ1) is 9.31. The summed E-state index contributed by atoms with van der Waals surface area (Å²) in [7, 11) is 1.03. The lowest BCUT2D eigenvalue weighted by Gasteiger charge is -2.09. The van der Waals surface area contributed by atoms with E-state index in [-0.39, 0.29) is 0 Å². The number of benzene rings is 1. The minimum absolute atomic E-state index is 0.298. The summed E-state index contributed by atoms with van der Waals surface area (Å²) in [5.74, 6) is -1.03. The van der Waals surface area contributed by atoms with Gasteiger partial charge >= 0.3 is 11.5 Å². The number of hydrogen-bond acceptors (Lipinski definition) is 4. The molecule has 0 atom stereocenters. The van der Waals surface area contributed by atoms with E-state index < -0.39 is 28.1 Å². The van der Waals surface area contributed by atoms with E-state index in [1.54, 1.807) is 12.1 Å². The molecule has 20 heavy (non-hydrogen) atoms. The van der Waals surface area contributed by atoms with E-state index in [9.17, 15) is 18.0 Å². The molecule has 0 spiro atoms. The summed E-state index contributed by atoms with van der Waals surface area (Å²) in [4.78, 5) is 10.7. The number of esters is 1. The van der Waals surface area contributed by atoms with Crippen LogP contribution >= 0.6 is 27.7 Å². The minimum atomic E-state index is -4.54. The van der Waals surface area contributed by atoms with Gasteiger partial charge in [-0.05, 0) is 29.5 Å². The zero-order valence-corrected chi connectivity index (χ0v) is 12.7. The second-order valence-electron chi connectivity index (χ2n) is 3.56. The van der Waals surface area contributed by atoms with Crippen molar-refractivity contribution in [2.24, 2.45) is 0 Å². The molecule has 0 aliphatic carbocycles. The summed E-state index contributed by atoms with van der Waals surface area (Å²) < 4.78 is 42.0. The van der Waals surface area contributed by atoms with Crippen LogP contribution in [0.15, 0.2) is 39.8 Å². The Kier molecular flexibility index (Phi) is 6.41. The quantitative estimate of drug-likeness (QED) is 0.632. The number of rotatable bonds is 5. The van der Waals surface area contributed by atoms with Crippen LogP contribution in [0.4, 0.5) is 13.2 Å². The van der Waals surface area contributed by atoms with Gasteiger partial charge in [0.2, 0.25) is 0 Å². The van der Waals surface area contributed by atoms with Crippen LogP contribution < -0.4 is 5.32 Å². The van der Waals surface area contributed by atoms with Crippen LogP contribution in [-0.2, 0) is 16.1 Å². The first kappa shape index (κ1) is 16.9. The third-order valence-electron chi connectivity index (χ3n) is 2.06. The highest BCUT2D eigenvalue weighted by Crippen LogP contribution is 2.36. The largest absolute Gasteiger partial charge is 0.465 e. The minimum Gasteiger partial charge on any atom is -0.465 e. The average molecular weight is 370 g/mol. The third-order valence-corrected chi connectivity index (χ3v) is 3.33. The van der Waals surface area contributed by atoms with Gasteiger partial charge in [-0.1, -0.05) is 28.1 Å². The highest BCUT2D eigenvalue weighted by molar-refractivity contribution is 9.10. The lowest BCUT2D eigenvalue weighted by Crippen LogP contribution is -2.13. The summed E-state index contributed by atoms with van der Waals surface area (Å²) in [6, 6.07) is 7.23. The van der Waals surface area contributed by atoms with E-state index in [4.69, 9.17) is 0 Å². The number of ether oxygens (including phenoxy) is 1. The maximum atomic E-state index is 12.3. The van der Waals surface area contributed by atoms with Crippen molar-refractivity contribution in [3.63, 3.8) is 0 Å². The molecule has 1 aromatic carbocycles. The summed E-state index contributed by atoms with van der Waals surface area (Å²) in [5, 5.41) is 2.66. The number of thioether (sulfide) groups is 1. The molecule has 1 N–H and O–H groups in total. The number of carbonyl (C=O) groups is 1. The number of methoxy groups -OCH3 is 1. The molecule has 0 heterocycles. The zero-order chi connectivity index (χ0) is 15.2. The van der Waals surface area contributed by atoms with Gasteiger partial charge in [-0.15, -0.1) is 0 Å². The standard InChI is InChI=1S/C12H11BrF3NO2S/c1-19-11(18)10(20-12(14,15)16)7-17-6-8-2-4-9(13)5-3-8/h2-5,7,17H,6H2,1H3/b10-7-. The number of nitrogens with one attached hydrogen (secondary N) is 1. The predicted molar refractivity (Wildman–Crippen MR) is 74.7 cm³/mol. The van der Waals surface area contributed by atoms with Crippen LogP contribution in [0.2, 0.25) is 0 Å². The molecule has 0 unspecified atom stereocenters. The molecule has 0 fully saturated rings. The molecule has 0 aliphatic rings. The highest BCUT2D eigenvalue weighted by Gasteiger charge is 2.33. The smallest absolute Gasteiger partial charge is 0.446 e. The number of halogens is 4. The van der Waals surface area contributed by atoms with Crippen LogP contribution in [0.3, 0.4) is 0 Å². The summed E-state index contributed by atoms with van der Waals surface area (Å²) >= 11 is 2.77. The van der Waals surface area contributed by atoms with Gasteiger partial charge in [0.25, 0.3) is 0 Å². The van der Waals surface area contributed by atoms with Crippen LogP contribution in [-0.4, -0.2) is 18.6 Å². The van der Waals surface area contributed by atoms with Gasteiger partial charge in [-0.3, -0.25) is 0 Å². The Morgan fingerprint density at radius 1 is 1.40 bits per heavy atom. The predicted octanol–water partition coefficient (Wildman–Crippen LogP) is 3.81. The van der Waals surface area contributed by atoms with Gasteiger partial charge < -0.3 is 10.1 Å². The second-order valence-corrected chi connectivity index (χ2v) is 5.58. The fourth-order valence-electron chi connectivity index (χ4n) is 1.22. The van der Waals surface area contributed by atoms with Crippen molar-refractivity contribution in [1.29, 1.82) is 0 Å². The lowest BCUT2D eigenvalue weighted by molar-refractivity contribution is -0.135.